The standard InChI is InChI=1S/C29H20O2/c1-18(30)27(19(2)31)24-10-7-20(8-11-24)6-9-21-12-13-25-15-14-22-4-3-5-23-16-17-26(21)29(25)28(22)23/h3-5,7-8,10-17,27H,1-2H3. The summed E-state index contributed by atoms with van der Waals surface area (Å²) in [5, 5.41) is 7.38. The maximum absolute atomic E-state index is 11.8. The summed E-state index contributed by atoms with van der Waals surface area (Å²) < 4.78 is 0. The van der Waals surface area contributed by atoms with Gasteiger partial charge in [0.15, 0.2) is 0 Å². The first-order valence-corrected chi connectivity index (χ1v) is 10.3. The Morgan fingerprint density at radius 3 is 1.87 bits per heavy atom. The average molecular weight is 400 g/mol. The molecule has 0 aromatic heterocycles. The maximum atomic E-state index is 11.8. The number of carbonyl (C=O) groups excluding carboxylic acids is 2. The van der Waals surface area contributed by atoms with E-state index in [1.54, 1.807) is 0 Å². The van der Waals surface area contributed by atoms with Crippen molar-refractivity contribution in [2.24, 2.45) is 0 Å². The fourth-order valence-corrected chi connectivity index (χ4v) is 4.50. The third-order valence-electron chi connectivity index (χ3n) is 5.93. The Kier molecular flexibility index (Phi) is 4.53. The predicted octanol–water partition coefficient (Wildman–Crippen LogP) is 6.25. The Morgan fingerprint density at radius 1 is 0.645 bits per heavy atom. The van der Waals surface area contributed by atoms with E-state index in [1.807, 2.05) is 24.3 Å². The van der Waals surface area contributed by atoms with Crippen LogP contribution in [0.25, 0.3) is 32.3 Å². The molecular weight excluding hydrogens is 380 g/mol. The van der Waals surface area contributed by atoms with Gasteiger partial charge < -0.3 is 0 Å². The quantitative estimate of drug-likeness (QED) is 0.204. The van der Waals surface area contributed by atoms with E-state index in [0.29, 0.717) is 5.56 Å². The van der Waals surface area contributed by atoms with Crippen LogP contribution in [0, 0.1) is 11.8 Å². The molecule has 0 N–H and O–H groups in total. The van der Waals surface area contributed by atoms with Crippen molar-refractivity contribution in [3.8, 4) is 11.8 Å². The summed E-state index contributed by atoms with van der Waals surface area (Å²) in [5.41, 5.74) is 2.55. The molecule has 0 saturated carbocycles. The van der Waals surface area contributed by atoms with Crippen molar-refractivity contribution in [1.29, 1.82) is 0 Å². The van der Waals surface area contributed by atoms with Crippen molar-refractivity contribution < 1.29 is 9.59 Å². The lowest BCUT2D eigenvalue weighted by Gasteiger charge is -2.11. The van der Waals surface area contributed by atoms with E-state index < -0.39 is 5.92 Å². The molecule has 0 atom stereocenters. The van der Waals surface area contributed by atoms with Gasteiger partial charge in [-0.3, -0.25) is 9.59 Å². The Bertz CT molecular complexity index is 1500. The highest BCUT2D eigenvalue weighted by Crippen LogP contribution is 2.35. The van der Waals surface area contributed by atoms with E-state index >= 15 is 0 Å². The van der Waals surface area contributed by atoms with Crippen molar-refractivity contribution in [1.82, 2.24) is 0 Å². The molecule has 0 heterocycles. The molecule has 0 aliphatic heterocycles. The van der Waals surface area contributed by atoms with Gasteiger partial charge in [0.2, 0.25) is 0 Å². The smallest absolute Gasteiger partial charge is 0.144 e. The highest BCUT2D eigenvalue weighted by molar-refractivity contribution is 6.23. The number of hydrogen-bond acceptors (Lipinski definition) is 2. The topological polar surface area (TPSA) is 34.1 Å². The van der Waals surface area contributed by atoms with Gasteiger partial charge >= 0.3 is 0 Å². The summed E-state index contributed by atoms with van der Waals surface area (Å²) in [4.78, 5) is 23.6. The number of hydrogen-bond donors (Lipinski definition) is 0. The molecule has 0 radical (unpaired) electrons. The second-order valence-corrected chi connectivity index (χ2v) is 8.00. The number of rotatable bonds is 3. The van der Waals surface area contributed by atoms with Crippen LogP contribution in [0.4, 0.5) is 0 Å². The average Bonchev–Trinajstić information content (AvgIpc) is 2.77. The third-order valence-corrected chi connectivity index (χ3v) is 5.93. The molecule has 5 rings (SSSR count). The first-order valence-electron chi connectivity index (χ1n) is 10.3. The Morgan fingerprint density at radius 2 is 1.23 bits per heavy atom. The van der Waals surface area contributed by atoms with E-state index in [4.69, 9.17) is 0 Å². The van der Waals surface area contributed by atoms with E-state index in [9.17, 15) is 9.59 Å². The molecular formula is C29H20O2. The van der Waals surface area contributed by atoms with E-state index in [-0.39, 0.29) is 11.6 Å². The Balaban J connectivity index is 1.58. The first kappa shape index (κ1) is 19.0. The minimum atomic E-state index is -0.695. The van der Waals surface area contributed by atoms with Crippen LogP contribution < -0.4 is 0 Å². The normalized spacial score (nSPS) is 11.2. The van der Waals surface area contributed by atoms with E-state index in [1.165, 1.54) is 40.8 Å². The van der Waals surface area contributed by atoms with Crippen LogP contribution in [0.2, 0.25) is 0 Å². The molecule has 0 amide bonds. The van der Waals surface area contributed by atoms with Crippen LogP contribution in [0.15, 0.2) is 78.9 Å². The molecule has 31 heavy (non-hydrogen) atoms. The molecule has 2 nitrogen and oxygen atoms in total. The van der Waals surface area contributed by atoms with Gasteiger partial charge in [0.1, 0.15) is 17.5 Å². The van der Waals surface area contributed by atoms with Gasteiger partial charge in [-0.1, -0.05) is 72.5 Å². The van der Waals surface area contributed by atoms with Gasteiger partial charge in [-0.05, 0) is 69.9 Å². The highest BCUT2D eigenvalue weighted by Gasteiger charge is 2.21. The molecule has 5 aromatic carbocycles. The van der Waals surface area contributed by atoms with Crippen LogP contribution in [0.3, 0.4) is 0 Å². The predicted molar refractivity (Wildman–Crippen MR) is 127 cm³/mol. The summed E-state index contributed by atoms with van der Waals surface area (Å²) in [5.74, 6) is 5.59. The molecule has 0 bridgehead atoms. The van der Waals surface area contributed by atoms with Crippen LogP contribution in [-0.2, 0) is 9.59 Å². The minimum absolute atomic E-state index is 0.139. The van der Waals surface area contributed by atoms with Gasteiger partial charge in [0.25, 0.3) is 0 Å². The number of benzene rings is 5. The molecule has 0 spiro atoms. The van der Waals surface area contributed by atoms with Gasteiger partial charge in [0.05, 0.1) is 0 Å². The highest BCUT2D eigenvalue weighted by atomic mass is 16.1. The zero-order valence-electron chi connectivity index (χ0n) is 17.4. The second-order valence-electron chi connectivity index (χ2n) is 8.00. The lowest BCUT2D eigenvalue weighted by Crippen LogP contribution is -2.16. The fraction of sp³-hybridized carbons (Fsp3) is 0.103. The van der Waals surface area contributed by atoms with Crippen molar-refractivity contribution in [2.75, 3.05) is 0 Å². The second kappa shape index (κ2) is 7.38. The Hall–Kier alpha value is -3.96. The number of carbonyl (C=O) groups is 2. The van der Waals surface area contributed by atoms with Gasteiger partial charge in [-0.2, -0.15) is 0 Å². The van der Waals surface area contributed by atoms with Crippen molar-refractivity contribution in [2.45, 2.75) is 19.8 Å². The summed E-state index contributed by atoms with van der Waals surface area (Å²) in [6.07, 6.45) is 0. The zero-order chi connectivity index (χ0) is 21.5. The molecule has 0 fully saturated rings. The fourth-order valence-electron chi connectivity index (χ4n) is 4.50. The molecule has 5 aromatic rings. The van der Waals surface area contributed by atoms with Gasteiger partial charge in [-0.25, -0.2) is 0 Å². The molecule has 0 unspecified atom stereocenters. The summed E-state index contributed by atoms with van der Waals surface area (Å²) in [6, 6.07) is 26.6. The van der Waals surface area contributed by atoms with Crippen LogP contribution in [-0.4, -0.2) is 11.6 Å². The summed E-state index contributed by atoms with van der Waals surface area (Å²) in [6.45, 7) is 2.90. The summed E-state index contributed by atoms with van der Waals surface area (Å²) >= 11 is 0. The number of ketones is 2. The van der Waals surface area contributed by atoms with E-state index in [0.717, 1.165) is 16.5 Å². The maximum Gasteiger partial charge on any atom is 0.144 e. The summed E-state index contributed by atoms with van der Waals surface area (Å²) in [7, 11) is 0. The SMILES string of the molecule is CC(=O)C(C(C)=O)c1ccc(C#Cc2ccc3ccc4cccc5ccc2c3c45)cc1. The molecule has 0 saturated heterocycles. The largest absolute Gasteiger partial charge is 0.299 e. The molecule has 148 valence electrons. The third kappa shape index (κ3) is 3.25. The molecule has 0 aliphatic rings. The Labute approximate surface area is 180 Å². The zero-order valence-corrected chi connectivity index (χ0v) is 17.4. The van der Waals surface area contributed by atoms with Crippen molar-refractivity contribution in [3.63, 3.8) is 0 Å². The lowest BCUT2D eigenvalue weighted by atomic mass is 9.91. The van der Waals surface area contributed by atoms with Crippen LogP contribution >= 0.6 is 0 Å². The van der Waals surface area contributed by atoms with Crippen molar-refractivity contribution >= 4 is 43.9 Å². The van der Waals surface area contributed by atoms with Gasteiger partial charge in [0, 0.05) is 11.1 Å². The van der Waals surface area contributed by atoms with E-state index in [2.05, 4.69) is 66.4 Å². The monoisotopic (exact) mass is 400 g/mol. The van der Waals surface area contributed by atoms with Crippen LogP contribution in [0.1, 0.15) is 36.5 Å². The lowest BCUT2D eigenvalue weighted by molar-refractivity contribution is -0.126. The van der Waals surface area contributed by atoms with Gasteiger partial charge in [-0.15, -0.1) is 0 Å². The minimum Gasteiger partial charge on any atom is -0.299 e. The van der Waals surface area contributed by atoms with Crippen LogP contribution in [0.5, 0.6) is 0 Å². The molecule has 0 aliphatic carbocycles. The first-order chi connectivity index (χ1) is 15.0. The molecule has 2 heteroatoms. The van der Waals surface area contributed by atoms with Crippen molar-refractivity contribution in [3.05, 3.63) is 95.6 Å². The number of Topliss-reactive ketones (excluding diaryl/α,β-unsaturated/α-hetero) is 2.